The van der Waals surface area contributed by atoms with Crippen LogP contribution in [0, 0.1) is 5.82 Å². The number of rotatable bonds is 6. The summed E-state index contributed by atoms with van der Waals surface area (Å²) >= 11 is 3.43. The highest BCUT2D eigenvalue weighted by molar-refractivity contribution is 9.10. The highest BCUT2D eigenvalue weighted by atomic mass is 79.9. The van der Waals surface area contributed by atoms with Gasteiger partial charge in [-0.05, 0) is 52.3 Å². The lowest BCUT2D eigenvalue weighted by atomic mass is 10.2. The van der Waals surface area contributed by atoms with Crippen LogP contribution >= 0.6 is 15.9 Å². The topological polar surface area (TPSA) is 35.9 Å². The lowest BCUT2D eigenvalue weighted by Crippen LogP contribution is -2.49. The minimum absolute atomic E-state index is 0.212. The predicted molar refractivity (Wildman–Crippen MR) is 101 cm³/mol. The molecule has 25 heavy (non-hydrogen) atoms. The first kappa shape index (κ1) is 18.2. The van der Waals surface area contributed by atoms with Crippen LogP contribution in [-0.4, -0.2) is 55.4 Å². The van der Waals surface area contributed by atoms with E-state index in [2.05, 4.69) is 25.7 Å². The molecule has 1 aliphatic rings. The molecular formula is C19H22BrFN2O2. The minimum Gasteiger partial charge on any atom is -0.490 e. The summed E-state index contributed by atoms with van der Waals surface area (Å²) in [6.45, 7) is 4.31. The Labute approximate surface area is 155 Å². The molecule has 0 unspecified atom stereocenters. The standard InChI is InChI=1S/C19H22BrFN2O2/c20-18-3-1-2-4-19(18)25-14-17(24)13-22-9-11-23(12-10-22)16-7-5-15(21)6-8-16/h1-8,17,24H,9-14H2/t17-/m1/s1. The van der Waals surface area contributed by atoms with Gasteiger partial charge in [0.1, 0.15) is 24.3 Å². The van der Waals surface area contributed by atoms with Crippen LogP contribution in [0.15, 0.2) is 53.0 Å². The molecule has 1 aliphatic heterocycles. The smallest absolute Gasteiger partial charge is 0.133 e. The van der Waals surface area contributed by atoms with Crippen LogP contribution in [0.5, 0.6) is 5.75 Å². The lowest BCUT2D eigenvalue weighted by Gasteiger charge is -2.36. The summed E-state index contributed by atoms with van der Waals surface area (Å²) in [4.78, 5) is 4.47. The molecule has 1 saturated heterocycles. The van der Waals surface area contributed by atoms with Crippen molar-refractivity contribution in [2.45, 2.75) is 6.10 Å². The van der Waals surface area contributed by atoms with Gasteiger partial charge < -0.3 is 14.7 Å². The number of hydrogen-bond acceptors (Lipinski definition) is 4. The molecule has 134 valence electrons. The highest BCUT2D eigenvalue weighted by Crippen LogP contribution is 2.24. The zero-order valence-electron chi connectivity index (χ0n) is 13.9. The van der Waals surface area contributed by atoms with Gasteiger partial charge in [0, 0.05) is 38.4 Å². The molecule has 0 aliphatic carbocycles. The van der Waals surface area contributed by atoms with Crippen molar-refractivity contribution in [2.75, 3.05) is 44.2 Å². The third-order valence-corrected chi connectivity index (χ3v) is 4.96. The summed E-state index contributed by atoms with van der Waals surface area (Å²) in [5.41, 5.74) is 1.04. The van der Waals surface area contributed by atoms with Crippen LogP contribution in [0.1, 0.15) is 0 Å². The first-order valence-electron chi connectivity index (χ1n) is 8.40. The Morgan fingerprint density at radius 3 is 2.40 bits per heavy atom. The quantitative estimate of drug-likeness (QED) is 0.796. The SMILES string of the molecule is O[C@@H](COc1ccccc1Br)CN1CCN(c2ccc(F)cc2)CC1. The highest BCUT2D eigenvalue weighted by Gasteiger charge is 2.20. The Balaban J connectivity index is 1.42. The van der Waals surface area contributed by atoms with Crippen molar-refractivity contribution >= 4 is 21.6 Å². The normalized spacial score (nSPS) is 16.7. The summed E-state index contributed by atoms with van der Waals surface area (Å²) in [5.74, 6) is 0.526. The molecule has 1 heterocycles. The van der Waals surface area contributed by atoms with Crippen LogP contribution in [0.3, 0.4) is 0 Å². The van der Waals surface area contributed by atoms with Crippen LogP contribution in [0.25, 0.3) is 0 Å². The van der Waals surface area contributed by atoms with Crippen molar-refractivity contribution < 1.29 is 14.2 Å². The first-order valence-corrected chi connectivity index (χ1v) is 9.19. The van der Waals surface area contributed by atoms with E-state index in [4.69, 9.17) is 4.74 Å². The molecule has 1 N–H and O–H groups in total. The van der Waals surface area contributed by atoms with Gasteiger partial charge in [0.05, 0.1) is 4.47 Å². The van der Waals surface area contributed by atoms with Crippen LogP contribution < -0.4 is 9.64 Å². The second-order valence-electron chi connectivity index (χ2n) is 6.16. The summed E-state index contributed by atoms with van der Waals surface area (Å²) < 4.78 is 19.6. The number of ether oxygens (including phenoxy) is 1. The van der Waals surface area contributed by atoms with E-state index in [-0.39, 0.29) is 12.4 Å². The summed E-state index contributed by atoms with van der Waals surface area (Å²) in [7, 11) is 0. The maximum absolute atomic E-state index is 13.0. The maximum Gasteiger partial charge on any atom is 0.133 e. The Morgan fingerprint density at radius 2 is 1.72 bits per heavy atom. The van der Waals surface area contributed by atoms with E-state index >= 15 is 0 Å². The molecule has 2 aromatic carbocycles. The zero-order chi connectivity index (χ0) is 17.6. The average Bonchev–Trinajstić information content (AvgIpc) is 2.62. The molecule has 4 nitrogen and oxygen atoms in total. The van der Waals surface area contributed by atoms with Crippen molar-refractivity contribution in [1.82, 2.24) is 4.90 Å². The number of benzene rings is 2. The molecule has 0 radical (unpaired) electrons. The number of piperazine rings is 1. The van der Waals surface area contributed by atoms with Gasteiger partial charge in [-0.2, -0.15) is 0 Å². The molecule has 0 amide bonds. The van der Waals surface area contributed by atoms with Crippen LogP contribution in [0.4, 0.5) is 10.1 Å². The van der Waals surface area contributed by atoms with E-state index in [1.165, 1.54) is 12.1 Å². The number of nitrogens with zero attached hydrogens (tertiary/aromatic N) is 2. The van der Waals surface area contributed by atoms with Crippen LogP contribution in [0.2, 0.25) is 0 Å². The minimum atomic E-state index is -0.538. The van der Waals surface area contributed by atoms with Gasteiger partial charge in [-0.15, -0.1) is 0 Å². The Bertz CT molecular complexity index is 675. The lowest BCUT2D eigenvalue weighted by molar-refractivity contribution is 0.0660. The average molecular weight is 409 g/mol. The second-order valence-corrected chi connectivity index (χ2v) is 7.01. The number of anilines is 1. The molecule has 1 fully saturated rings. The maximum atomic E-state index is 13.0. The molecule has 0 saturated carbocycles. The van der Waals surface area contributed by atoms with E-state index in [1.807, 2.05) is 36.4 Å². The van der Waals surface area contributed by atoms with Crippen molar-refractivity contribution in [2.24, 2.45) is 0 Å². The van der Waals surface area contributed by atoms with Gasteiger partial charge in [-0.3, -0.25) is 4.90 Å². The fourth-order valence-corrected chi connectivity index (χ4v) is 3.34. The van der Waals surface area contributed by atoms with E-state index < -0.39 is 6.10 Å². The second kappa shape index (κ2) is 8.65. The number of aliphatic hydroxyl groups excluding tert-OH is 1. The van der Waals surface area contributed by atoms with Gasteiger partial charge in [-0.1, -0.05) is 12.1 Å². The third kappa shape index (κ3) is 5.17. The predicted octanol–water partition coefficient (Wildman–Crippen LogP) is 3.15. The Hall–Kier alpha value is -1.63. The molecule has 0 spiro atoms. The third-order valence-electron chi connectivity index (χ3n) is 4.30. The molecule has 0 aromatic heterocycles. The number of halogens is 2. The van der Waals surface area contributed by atoms with E-state index in [1.54, 1.807) is 0 Å². The van der Waals surface area contributed by atoms with Gasteiger partial charge >= 0.3 is 0 Å². The summed E-state index contributed by atoms with van der Waals surface area (Å²) in [6, 6.07) is 14.2. The largest absolute Gasteiger partial charge is 0.490 e. The molecule has 1 atom stereocenters. The Morgan fingerprint density at radius 1 is 1.04 bits per heavy atom. The molecular weight excluding hydrogens is 387 g/mol. The van der Waals surface area contributed by atoms with Crippen molar-refractivity contribution in [3.8, 4) is 5.75 Å². The number of aliphatic hydroxyl groups is 1. The Kier molecular flexibility index (Phi) is 6.29. The van der Waals surface area contributed by atoms with E-state index in [0.717, 1.165) is 42.1 Å². The molecule has 6 heteroatoms. The van der Waals surface area contributed by atoms with Crippen molar-refractivity contribution in [3.05, 3.63) is 58.8 Å². The summed E-state index contributed by atoms with van der Waals surface area (Å²) in [5, 5.41) is 10.2. The van der Waals surface area contributed by atoms with Gasteiger partial charge in [0.15, 0.2) is 0 Å². The number of hydrogen-bond donors (Lipinski definition) is 1. The van der Waals surface area contributed by atoms with Gasteiger partial charge in [-0.25, -0.2) is 4.39 Å². The van der Waals surface area contributed by atoms with Crippen molar-refractivity contribution in [3.63, 3.8) is 0 Å². The molecule has 2 aromatic rings. The van der Waals surface area contributed by atoms with E-state index in [0.29, 0.717) is 6.54 Å². The van der Waals surface area contributed by atoms with Crippen molar-refractivity contribution in [1.29, 1.82) is 0 Å². The summed E-state index contributed by atoms with van der Waals surface area (Å²) in [6.07, 6.45) is -0.538. The van der Waals surface area contributed by atoms with Gasteiger partial charge in [0.2, 0.25) is 0 Å². The van der Waals surface area contributed by atoms with Crippen LogP contribution in [-0.2, 0) is 0 Å². The van der Waals surface area contributed by atoms with E-state index in [9.17, 15) is 9.50 Å². The monoisotopic (exact) mass is 408 g/mol. The van der Waals surface area contributed by atoms with Gasteiger partial charge in [0.25, 0.3) is 0 Å². The molecule has 0 bridgehead atoms. The first-order chi connectivity index (χ1) is 12.1. The zero-order valence-corrected chi connectivity index (χ0v) is 15.5. The number of β-amino-alcohol motifs (C(OH)–C–C–N with tert-alkyl or cyclic N) is 1. The number of para-hydroxylation sites is 1. The molecule has 3 rings (SSSR count). The fraction of sp³-hybridized carbons (Fsp3) is 0.368. The fourth-order valence-electron chi connectivity index (χ4n) is 2.94.